The molecule has 4 fully saturated rings. The van der Waals surface area contributed by atoms with E-state index < -0.39 is 37.1 Å². The summed E-state index contributed by atoms with van der Waals surface area (Å²) >= 11 is 6.50. The van der Waals surface area contributed by atoms with Gasteiger partial charge in [-0.1, -0.05) is 23.7 Å². The van der Waals surface area contributed by atoms with Crippen molar-refractivity contribution in [2.75, 3.05) is 6.61 Å². The number of hydrogen-bond donors (Lipinski definition) is 4. The molecule has 1 heterocycles. The maximum atomic E-state index is 10.5. The zero-order chi connectivity index (χ0) is 22.4. The molecule has 0 amide bonds. The molecule has 32 heavy (non-hydrogen) atoms. The highest BCUT2D eigenvalue weighted by atomic mass is 35.5. The van der Waals surface area contributed by atoms with Crippen molar-refractivity contribution in [2.24, 2.45) is 17.8 Å². The van der Waals surface area contributed by atoms with Crippen molar-refractivity contribution in [1.82, 2.24) is 0 Å². The van der Waals surface area contributed by atoms with Crippen molar-refractivity contribution < 1.29 is 29.9 Å². The van der Waals surface area contributed by atoms with E-state index in [4.69, 9.17) is 21.1 Å². The molecule has 1 aliphatic heterocycles. The van der Waals surface area contributed by atoms with Gasteiger partial charge in [-0.15, -0.1) is 0 Å². The first-order valence-corrected chi connectivity index (χ1v) is 12.5. The first-order chi connectivity index (χ1) is 15.4. The molecule has 7 heteroatoms. The van der Waals surface area contributed by atoms with E-state index in [2.05, 4.69) is 0 Å². The van der Waals surface area contributed by atoms with Gasteiger partial charge in [-0.3, -0.25) is 0 Å². The predicted molar refractivity (Wildman–Crippen MR) is 119 cm³/mol. The third-order valence-electron chi connectivity index (χ3n) is 8.18. The maximum absolute atomic E-state index is 10.5. The van der Waals surface area contributed by atoms with E-state index in [9.17, 15) is 20.4 Å². The van der Waals surface area contributed by atoms with Crippen molar-refractivity contribution in [1.29, 1.82) is 0 Å². The van der Waals surface area contributed by atoms with Gasteiger partial charge < -0.3 is 29.9 Å². The highest BCUT2D eigenvalue weighted by molar-refractivity contribution is 6.31. The van der Waals surface area contributed by atoms with Crippen LogP contribution < -0.4 is 0 Å². The Morgan fingerprint density at radius 3 is 2.31 bits per heavy atom. The summed E-state index contributed by atoms with van der Waals surface area (Å²) < 4.78 is 12.1. The lowest BCUT2D eigenvalue weighted by atomic mass is 9.82. The molecule has 0 spiro atoms. The highest BCUT2D eigenvalue weighted by Gasteiger charge is 2.47. The molecule has 5 rings (SSSR count). The van der Waals surface area contributed by atoms with Gasteiger partial charge in [0.05, 0.1) is 18.8 Å². The molecule has 0 radical (unpaired) electrons. The Kier molecular flexibility index (Phi) is 6.83. The van der Waals surface area contributed by atoms with Crippen molar-refractivity contribution in [2.45, 2.75) is 94.1 Å². The summed E-state index contributed by atoms with van der Waals surface area (Å²) in [5.41, 5.74) is 1.69. The van der Waals surface area contributed by atoms with Crippen LogP contribution in [0.2, 0.25) is 5.02 Å². The Bertz CT molecular complexity index is 785. The van der Waals surface area contributed by atoms with Gasteiger partial charge in [-0.25, -0.2) is 0 Å². The molecule has 4 aliphatic rings. The molecule has 1 saturated heterocycles. The fourth-order valence-corrected chi connectivity index (χ4v) is 6.33. The van der Waals surface area contributed by atoms with Crippen LogP contribution in [0.1, 0.15) is 62.2 Å². The number of halogens is 1. The molecule has 1 aromatic rings. The molecular formula is C25H35ClO6. The Morgan fingerprint density at radius 1 is 0.906 bits per heavy atom. The minimum Gasteiger partial charge on any atom is -0.394 e. The van der Waals surface area contributed by atoms with Crippen LogP contribution in [0.15, 0.2) is 18.2 Å². The first-order valence-electron chi connectivity index (χ1n) is 12.2. The van der Waals surface area contributed by atoms with Crippen LogP contribution in [0.5, 0.6) is 0 Å². The summed E-state index contributed by atoms with van der Waals surface area (Å²) in [6.45, 7) is -0.435. The van der Waals surface area contributed by atoms with Crippen LogP contribution in [0.3, 0.4) is 0 Å². The largest absolute Gasteiger partial charge is 0.394 e. The summed E-state index contributed by atoms with van der Waals surface area (Å²) in [6, 6.07) is 5.51. The number of rotatable bonds is 6. The number of fused-ring (bicyclic) bond motifs is 1. The molecule has 1 aromatic carbocycles. The average Bonchev–Trinajstić information content (AvgIpc) is 3.41. The second kappa shape index (κ2) is 9.49. The van der Waals surface area contributed by atoms with E-state index in [1.807, 2.05) is 6.07 Å². The highest BCUT2D eigenvalue weighted by Crippen LogP contribution is 2.53. The van der Waals surface area contributed by atoms with Crippen molar-refractivity contribution in [3.8, 4) is 0 Å². The van der Waals surface area contributed by atoms with E-state index in [0.717, 1.165) is 49.5 Å². The maximum Gasteiger partial charge on any atom is 0.113 e. The van der Waals surface area contributed by atoms with Gasteiger partial charge in [-0.2, -0.15) is 0 Å². The Hall–Kier alpha value is -0.730. The van der Waals surface area contributed by atoms with Gasteiger partial charge in [0.1, 0.15) is 30.5 Å². The minimum atomic E-state index is -1.38. The zero-order valence-corrected chi connectivity index (χ0v) is 19.1. The predicted octanol–water partition coefficient (Wildman–Crippen LogP) is 2.77. The van der Waals surface area contributed by atoms with Crippen LogP contribution in [0.4, 0.5) is 0 Å². The summed E-state index contributed by atoms with van der Waals surface area (Å²) in [6.07, 6.45) is 4.36. The number of aliphatic hydroxyl groups excluding tert-OH is 4. The molecule has 3 aliphatic carbocycles. The van der Waals surface area contributed by atoms with Crippen LogP contribution >= 0.6 is 11.6 Å². The Morgan fingerprint density at radius 2 is 1.62 bits per heavy atom. The fourth-order valence-electron chi connectivity index (χ4n) is 6.13. The van der Waals surface area contributed by atoms with E-state index in [-0.39, 0.29) is 0 Å². The van der Waals surface area contributed by atoms with Crippen LogP contribution in [-0.2, 0) is 15.9 Å². The van der Waals surface area contributed by atoms with Crippen LogP contribution in [0.25, 0.3) is 0 Å². The van der Waals surface area contributed by atoms with Gasteiger partial charge in [0.2, 0.25) is 0 Å². The lowest BCUT2D eigenvalue weighted by molar-refractivity contribution is -0.231. The third kappa shape index (κ3) is 4.74. The van der Waals surface area contributed by atoms with Crippen molar-refractivity contribution in [3.63, 3.8) is 0 Å². The molecule has 178 valence electrons. The standard InChI is InChI=1S/C25H35ClO6/c26-20-6-3-14(25-24(30)23(29)22(28)21(12-27)32-25)8-17(20)7-13-1-4-18(5-2-13)31-19-10-15-9-16(15)11-19/h3,6,8,13,15-16,18-19,21-25,27-30H,1-2,4-5,7,9-12H2/t13?,15-,16+,18?,19?,21-,22-,23+,24-,25+/m1/s1. The minimum absolute atomic E-state index is 0.393. The molecule has 6 nitrogen and oxygen atoms in total. The monoisotopic (exact) mass is 466 g/mol. The summed E-state index contributed by atoms with van der Waals surface area (Å²) in [7, 11) is 0. The Balaban J connectivity index is 1.19. The zero-order valence-electron chi connectivity index (χ0n) is 18.4. The average molecular weight is 467 g/mol. The molecule has 8 atom stereocenters. The number of aliphatic hydroxyl groups is 4. The van der Waals surface area contributed by atoms with Gasteiger partial charge in [0.25, 0.3) is 0 Å². The van der Waals surface area contributed by atoms with E-state index in [1.165, 1.54) is 19.3 Å². The fraction of sp³-hybridized carbons (Fsp3) is 0.760. The van der Waals surface area contributed by atoms with Gasteiger partial charge in [0.15, 0.2) is 0 Å². The second-order valence-electron chi connectivity index (χ2n) is 10.4. The first kappa shape index (κ1) is 23.0. The number of ether oxygens (including phenoxy) is 2. The number of hydrogen-bond acceptors (Lipinski definition) is 6. The topological polar surface area (TPSA) is 99.4 Å². The molecule has 1 unspecified atom stereocenters. The van der Waals surface area contributed by atoms with E-state index in [1.54, 1.807) is 12.1 Å². The van der Waals surface area contributed by atoms with Gasteiger partial charge in [-0.05, 0) is 86.3 Å². The molecular weight excluding hydrogens is 432 g/mol. The van der Waals surface area contributed by atoms with Crippen LogP contribution in [0, 0.1) is 17.8 Å². The van der Waals surface area contributed by atoms with E-state index in [0.29, 0.717) is 28.7 Å². The summed E-state index contributed by atoms with van der Waals surface area (Å²) in [4.78, 5) is 0. The van der Waals surface area contributed by atoms with Crippen molar-refractivity contribution in [3.05, 3.63) is 34.3 Å². The summed E-state index contributed by atoms with van der Waals surface area (Å²) in [5, 5.41) is 40.8. The van der Waals surface area contributed by atoms with Crippen molar-refractivity contribution >= 4 is 11.6 Å². The number of benzene rings is 1. The normalized spacial score (nSPS) is 43.8. The van der Waals surface area contributed by atoms with Gasteiger partial charge >= 0.3 is 0 Å². The smallest absolute Gasteiger partial charge is 0.113 e. The SMILES string of the molecule is OC[C@H]1O[C@@H](c2ccc(Cl)c(CC3CCC(OC4C[C@@H]5C[C@@H]5C4)CC3)c2)[C@H](O)[C@@H](O)[C@@H]1O. The van der Waals surface area contributed by atoms with Crippen LogP contribution in [-0.4, -0.2) is 63.7 Å². The molecule has 0 aromatic heterocycles. The Labute approximate surface area is 194 Å². The quantitative estimate of drug-likeness (QED) is 0.514. The lowest BCUT2D eigenvalue weighted by Crippen LogP contribution is -2.55. The molecule has 3 saturated carbocycles. The van der Waals surface area contributed by atoms with E-state index >= 15 is 0 Å². The second-order valence-corrected chi connectivity index (χ2v) is 10.8. The third-order valence-corrected chi connectivity index (χ3v) is 8.55. The van der Waals surface area contributed by atoms with Gasteiger partial charge in [0, 0.05) is 5.02 Å². The molecule has 0 bridgehead atoms. The molecule has 4 N–H and O–H groups in total. The lowest BCUT2D eigenvalue weighted by Gasteiger charge is -2.40. The summed E-state index contributed by atoms with van der Waals surface area (Å²) in [5.74, 6) is 2.44.